The Morgan fingerprint density at radius 3 is 3.06 bits per heavy atom. The average molecular weight is 250 g/mol. The van der Waals surface area contributed by atoms with Gasteiger partial charge in [0.05, 0.1) is 6.61 Å². The fourth-order valence-corrected chi connectivity index (χ4v) is 2.09. The highest BCUT2D eigenvalue weighted by molar-refractivity contribution is 5.38. The summed E-state index contributed by atoms with van der Waals surface area (Å²) < 4.78 is 0. The third-order valence-electron chi connectivity index (χ3n) is 3.26. The Morgan fingerprint density at radius 2 is 2.22 bits per heavy atom. The Balaban J connectivity index is 1.86. The van der Waals surface area contributed by atoms with Crippen molar-refractivity contribution >= 4 is 0 Å². The summed E-state index contributed by atoms with van der Waals surface area (Å²) in [5.74, 6) is 0.878. The van der Waals surface area contributed by atoms with Crippen molar-refractivity contribution in [2.45, 2.75) is 19.3 Å². The van der Waals surface area contributed by atoms with Crippen molar-refractivity contribution in [3.05, 3.63) is 29.3 Å². The standard InChI is InChI=1S/C14H22N2O2/c1-16(8-2-7-15)9-5-12-3-4-13-6-10-17-18-14(13)11-12/h3-4,11H,2,5-10,15H2,1H3. The zero-order chi connectivity index (χ0) is 12.8. The molecule has 0 bridgehead atoms. The highest BCUT2D eigenvalue weighted by Gasteiger charge is 2.12. The Hall–Kier alpha value is -1.10. The molecule has 1 aliphatic heterocycles. The molecule has 1 aliphatic rings. The molecule has 0 aliphatic carbocycles. The first kappa shape index (κ1) is 13.3. The van der Waals surface area contributed by atoms with Crippen molar-refractivity contribution < 1.29 is 9.78 Å². The van der Waals surface area contributed by atoms with Gasteiger partial charge in [0.1, 0.15) is 0 Å². The van der Waals surface area contributed by atoms with Gasteiger partial charge in [0.2, 0.25) is 0 Å². The lowest BCUT2D eigenvalue weighted by molar-refractivity contribution is -0.215. The highest BCUT2D eigenvalue weighted by Crippen LogP contribution is 2.24. The molecule has 0 aromatic heterocycles. The van der Waals surface area contributed by atoms with E-state index in [9.17, 15) is 0 Å². The van der Waals surface area contributed by atoms with E-state index in [1.54, 1.807) is 0 Å². The Bertz CT molecular complexity index is 382. The van der Waals surface area contributed by atoms with Gasteiger partial charge in [0.25, 0.3) is 0 Å². The van der Waals surface area contributed by atoms with Crippen molar-refractivity contribution in [2.24, 2.45) is 5.73 Å². The van der Waals surface area contributed by atoms with Crippen LogP contribution in [0.1, 0.15) is 17.5 Å². The number of nitrogens with zero attached hydrogens (tertiary/aromatic N) is 1. The molecule has 1 aromatic rings. The van der Waals surface area contributed by atoms with Gasteiger partial charge >= 0.3 is 0 Å². The molecule has 0 amide bonds. The van der Waals surface area contributed by atoms with Gasteiger partial charge in [-0.05, 0) is 44.6 Å². The summed E-state index contributed by atoms with van der Waals surface area (Å²) in [5, 5.41) is 0. The molecule has 0 saturated carbocycles. The zero-order valence-corrected chi connectivity index (χ0v) is 11.0. The molecular formula is C14H22N2O2. The lowest BCUT2D eigenvalue weighted by Gasteiger charge is -2.18. The molecule has 0 atom stereocenters. The first-order chi connectivity index (χ1) is 8.79. The van der Waals surface area contributed by atoms with Gasteiger partial charge in [-0.1, -0.05) is 12.1 Å². The van der Waals surface area contributed by atoms with Crippen molar-refractivity contribution in [1.82, 2.24) is 4.90 Å². The Labute approximate surface area is 109 Å². The topological polar surface area (TPSA) is 47.7 Å². The van der Waals surface area contributed by atoms with Gasteiger partial charge in [0, 0.05) is 18.5 Å². The smallest absolute Gasteiger partial charge is 0.168 e. The van der Waals surface area contributed by atoms with Crippen LogP contribution in [0.3, 0.4) is 0 Å². The first-order valence-electron chi connectivity index (χ1n) is 6.59. The first-order valence-corrected chi connectivity index (χ1v) is 6.59. The van der Waals surface area contributed by atoms with E-state index in [2.05, 4.69) is 30.1 Å². The Morgan fingerprint density at radius 1 is 1.33 bits per heavy atom. The lowest BCUT2D eigenvalue weighted by atomic mass is 10.1. The summed E-state index contributed by atoms with van der Waals surface area (Å²) in [5.41, 5.74) is 8.03. The molecule has 4 heteroatoms. The molecule has 2 N–H and O–H groups in total. The molecule has 0 unspecified atom stereocenters. The third kappa shape index (κ3) is 3.70. The molecule has 0 spiro atoms. The summed E-state index contributed by atoms with van der Waals surface area (Å²) in [7, 11) is 2.13. The van der Waals surface area contributed by atoms with E-state index < -0.39 is 0 Å². The number of nitrogens with two attached hydrogens (primary N) is 1. The molecular weight excluding hydrogens is 228 g/mol. The van der Waals surface area contributed by atoms with Gasteiger partial charge in [-0.2, -0.15) is 4.89 Å². The van der Waals surface area contributed by atoms with Crippen LogP contribution in [0.2, 0.25) is 0 Å². The van der Waals surface area contributed by atoms with Gasteiger partial charge < -0.3 is 15.5 Å². The summed E-state index contributed by atoms with van der Waals surface area (Å²) in [6.45, 7) is 3.50. The predicted molar refractivity (Wildman–Crippen MR) is 71.6 cm³/mol. The molecule has 1 heterocycles. The summed E-state index contributed by atoms with van der Waals surface area (Å²) >= 11 is 0. The number of benzene rings is 1. The molecule has 2 rings (SSSR count). The van der Waals surface area contributed by atoms with E-state index in [0.717, 1.165) is 44.6 Å². The van der Waals surface area contributed by atoms with Crippen LogP contribution >= 0.6 is 0 Å². The van der Waals surface area contributed by atoms with Gasteiger partial charge in [0.15, 0.2) is 5.75 Å². The second-order valence-corrected chi connectivity index (χ2v) is 4.79. The minimum Gasteiger partial charge on any atom is -0.337 e. The molecule has 0 radical (unpaired) electrons. The minimum atomic E-state index is 0.647. The highest BCUT2D eigenvalue weighted by atomic mass is 17.2. The van der Waals surface area contributed by atoms with Crippen LogP contribution < -0.4 is 10.6 Å². The average Bonchev–Trinajstić information content (AvgIpc) is 2.42. The fraction of sp³-hybridized carbons (Fsp3) is 0.571. The molecule has 0 saturated heterocycles. The second kappa shape index (κ2) is 6.73. The minimum absolute atomic E-state index is 0.647. The normalized spacial score (nSPS) is 14.4. The molecule has 0 fully saturated rings. The van der Waals surface area contributed by atoms with Gasteiger partial charge in [-0.3, -0.25) is 0 Å². The van der Waals surface area contributed by atoms with Crippen molar-refractivity contribution in [2.75, 3.05) is 33.3 Å². The van der Waals surface area contributed by atoms with E-state index in [4.69, 9.17) is 15.5 Å². The second-order valence-electron chi connectivity index (χ2n) is 4.79. The SMILES string of the molecule is CN(CCCN)CCc1ccc2c(c1)OOCC2. The molecule has 1 aromatic carbocycles. The maximum absolute atomic E-state index is 5.50. The van der Waals surface area contributed by atoms with Gasteiger partial charge in [-0.15, -0.1) is 0 Å². The molecule has 4 nitrogen and oxygen atoms in total. The lowest BCUT2D eigenvalue weighted by Crippen LogP contribution is -2.24. The number of likely N-dealkylation sites (N-methyl/N-ethyl adjacent to an activating group) is 1. The van der Waals surface area contributed by atoms with Crippen molar-refractivity contribution in [3.8, 4) is 5.75 Å². The number of hydrogen-bond donors (Lipinski definition) is 1. The number of fused-ring (bicyclic) bond motifs is 1. The summed E-state index contributed by atoms with van der Waals surface area (Å²) in [6.07, 6.45) is 3.02. The fourth-order valence-electron chi connectivity index (χ4n) is 2.09. The number of rotatable bonds is 6. The molecule has 18 heavy (non-hydrogen) atoms. The zero-order valence-electron chi connectivity index (χ0n) is 11.0. The van der Waals surface area contributed by atoms with E-state index in [1.165, 1.54) is 11.1 Å². The van der Waals surface area contributed by atoms with E-state index in [-0.39, 0.29) is 0 Å². The summed E-state index contributed by atoms with van der Waals surface area (Å²) in [4.78, 5) is 12.5. The van der Waals surface area contributed by atoms with E-state index in [0.29, 0.717) is 6.61 Å². The van der Waals surface area contributed by atoms with Gasteiger partial charge in [-0.25, -0.2) is 0 Å². The van der Waals surface area contributed by atoms with Crippen LogP contribution in [0.4, 0.5) is 0 Å². The number of hydrogen-bond acceptors (Lipinski definition) is 4. The predicted octanol–water partition coefficient (Wildman–Crippen LogP) is 1.38. The van der Waals surface area contributed by atoms with Crippen LogP contribution in [0.15, 0.2) is 18.2 Å². The van der Waals surface area contributed by atoms with Crippen LogP contribution in [0.5, 0.6) is 5.75 Å². The summed E-state index contributed by atoms with van der Waals surface area (Å²) in [6, 6.07) is 6.42. The largest absolute Gasteiger partial charge is 0.337 e. The maximum Gasteiger partial charge on any atom is 0.168 e. The van der Waals surface area contributed by atoms with Crippen LogP contribution in [-0.4, -0.2) is 38.2 Å². The van der Waals surface area contributed by atoms with Crippen LogP contribution in [-0.2, 0) is 17.7 Å². The van der Waals surface area contributed by atoms with Crippen LogP contribution in [0, 0.1) is 0 Å². The molecule has 100 valence electrons. The Kier molecular flexibility index (Phi) is 4.99. The quantitative estimate of drug-likeness (QED) is 0.775. The van der Waals surface area contributed by atoms with Crippen molar-refractivity contribution in [3.63, 3.8) is 0 Å². The maximum atomic E-state index is 5.50. The van der Waals surface area contributed by atoms with E-state index >= 15 is 0 Å². The monoisotopic (exact) mass is 250 g/mol. The van der Waals surface area contributed by atoms with Crippen LogP contribution in [0.25, 0.3) is 0 Å². The van der Waals surface area contributed by atoms with E-state index in [1.807, 2.05) is 0 Å². The van der Waals surface area contributed by atoms with Crippen molar-refractivity contribution in [1.29, 1.82) is 0 Å². The third-order valence-corrected chi connectivity index (χ3v) is 3.26.